The van der Waals surface area contributed by atoms with E-state index in [4.69, 9.17) is 0 Å². The maximum Gasteiger partial charge on any atom is 2.00 e. The molecule has 14 heavy (non-hydrogen) atoms. The van der Waals surface area contributed by atoms with Gasteiger partial charge in [0.2, 0.25) is 0 Å². The van der Waals surface area contributed by atoms with Gasteiger partial charge in [-0.05, 0) is 0 Å². The summed E-state index contributed by atoms with van der Waals surface area (Å²) < 4.78 is 0. The summed E-state index contributed by atoms with van der Waals surface area (Å²) >= 11 is 0. The number of rotatable bonds is 0. The van der Waals surface area contributed by atoms with Crippen molar-refractivity contribution < 1.29 is 0 Å². The van der Waals surface area contributed by atoms with Gasteiger partial charge in [0, 0.05) is 18.9 Å². The molecule has 0 amide bonds. The van der Waals surface area contributed by atoms with E-state index in [-0.39, 0.29) is 41.9 Å². The van der Waals surface area contributed by atoms with Gasteiger partial charge in [0.25, 0.3) is 0 Å². The van der Waals surface area contributed by atoms with Crippen molar-refractivity contribution in [1.82, 2.24) is 0 Å². The van der Waals surface area contributed by atoms with Gasteiger partial charge < -0.3 is 0 Å². The molecule has 2 aromatic carbocycles. The Kier molecular flexibility index (Phi) is 14.9. The first-order valence-corrected chi connectivity index (χ1v) is 3.82. The van der Waals surface area contributed by atoms with Gasteiger partial charge in [-0.2, -0.15) is 72.8 Å². The first-order valence-electron chi connectivity index (χ1n) is 3.82. The van der Waals surface area contributed by atoms with Crippen LogP contribution in [0.3, 0.4) is 0 Å². The van der Waals surface area contributed by atoms with E-state index in [0.29, 0.717) is 0 Å². The summed E-state index contributed by atoms with van der Waals surface area (Å²) in [6, 6.07) is 25.0. The maximum absolute atomic E-state index is 2.89. The van der Waals surface area contributed by atoms with E-state index in [1.54, 1.807) is 0 Å². The van der Waals surface area contributed by atoms with E-state index >= 15 is 0 Å². The van der Waals surface area contributed by atoms with E-state index in [2.05, 4.69) is 12.1 Å². The maximum atomic E-state index is 2.89. The molecule has 0 heterocycles. The molecule has 0 spiro atoms. The summed E-state index contributed by atoms with van der Waals surface area (Å²) in [7, 11) is 0. The molecule has 0 saturated heterocycles. The van der Waals surface area contributed by atoms with Crippen LogP contribution in [-0.2, 0) is 0 Å². The van der Waals surface area contributed by atoms with Gasteiger partial charge in [-0.1, -0.05) is 0 Å². The van der Waals surface area contributed by atoms with Crippen LogP contribution in [-0.4, -0.2) is 41.9 Å². The number of hydrogen-bond acceptors (Lipinski definition) is 0. The first kappa shape index (κ1) is 16.2. The van der Waals surface area contributed by atoms with E-state index in [1.165, 1.54) is 0 Å². The van der Waals surface area contributed by atoms with Crippen LogP contribution < -0.4 is 0 Å². The normalized spacial score (nSPS) is 6.86. The van der Waals surface area contributed by atoms with Crippen molar-refractivity contribution in [2.45, 2.75) is 0 Å². The summed E-state index contributed by atoms with van der Waals surface area (Å²) in [5.41, 5.74) is 0. The molecule has 0 aliphatic rings. The molecule has 0 fully saturated rings. The third-order valence-electron chi connectivity index (χ3n) is 1.21. The topological polar surface area (TPSA) is 0 Å². The molecule has 0 bridgehead atoms. The third-order valence-corrected chi connectivity index (χ3v) is 1.21. The Morgan fingerprint density at radius 3 is 0.857 bits per heavy atom. The summed E-state index contributed by atoms with van der Waals surface area (Å²) in [5.74, 6) is 0. The van der Waals surface area contributed by atoms with Gasteiger partial charge in [-0.15, -0.1) is 0 Å². The molecule has 0 N–H and O–H groups in total. The second-order valence-corrected chi connectivity index (χ2v) is 2.15. The Morgan fingerprint density at radius 2 is 0.786 bits per heavy atom. The van der Waals surface area contributed by atoms with Crippen LogP contribution in [0.1, 0.15) is 0 Å². The summed E-state index contributed by atoms with van der Waals surface area (Å²) in [5, 5.41) is 0. The van der Waals surface area contributed by atoms with Crippen LogP contribution in [0.15, 0.2) is 60.7 Å². The van der Waals surface area contributed by atoms with E-state index in [9.17, 15) is 0 Å². The molecule has 0 atom stereocenters. The Bertz CT molecular complexity index is 186. The summed E-state index contributed by atoms with van der Waals surface area (Å²) in [6.45, 7) is 0. The van der Waals surface area contributed by atoms with Crippen LogP contribution in [0.2, 0.25) is 0 Å². The van der Waals surface area contributed by atoms with Crippen molar-refractivity contribution in [3.05, 3.63) is 72.8 Å². The predicted molar refractivity (Wildman–Crippen MR) is 62.1 cm³/mol. The molecule has 1 radical (unpaired) electrons. The van der Waals surface area contributed by atoms with E-state index < -0.39 is 0 Å². The second kappa shape index (κ2) is 12.8. The fourth-order valence-electron chi connectivity index (χ4n) is 0.684. The van der Waals surface area contributed by atoms with Crippen LogP contribution in [0.5, 0.6) is 0 Å². The molecule has 0 aliphatic heterocycles. The largest absolute Gasteiger partial charge is 2.00 e. The van der Waals surface area contributed by atoms with Gasteiger partial charge >= 0.3 is 23.1 Å². The van der Waals surface area contributed by atoms with Gasteiger partial charge in [-0.3, -0.25) is 0 Å². The zero-order chi connectivity index (χ0) is 8.49. The fraction of sp³-hybridized carbons (Fsp3) is 0. The van der Waals surface area contributed by atoms with Crippen LogP contribution >= 0.6 is 0 Å². The van der Waals surface area contributed by atoms with Crippen LogP contribution in [0, 0.1) is 12.1 Å². The molecular formula is C12H10LiMg. The van der Waals surface area contributed by atoms with Crippen molar-refractivity contribution in [3.63, 3.8) is 0 Å². The van der Waals surface area contributed by atoms with Gasteiger partial charge in [0.05, 0.1) is 0 Å². The fourth-order valence-corrected chi connectivity index (χ4v) is 0.684. The molecule has 0 nitrogen and oxygen atoms in total. The van der Waals surface area contributed by atoms with Crippen molar-refractivity contribution in [1.29, 1.82) is 0 Å². The number of benzene rings is 2. The zero-order valence-electron chi connectivity index (χ0n) is 8.48. The average Bonchev–Trinajstić information content (AvgIpc) is 2.24. The first-order chi connectivity index (χ1) is 6.00. The standard InChI is InChI=1S/2C6H5.Li.Mg/c2*1-2-4-6-5-3-1;;/h2*1-5H;;/q2*-1;;+2. The summed E-state index contributed by atoms with van der Waals surface area (Å²) in [6.07, 6.45) is 0. The molecule has 0 aliphatic carbocycles. The van der Waals surface area contributed by atoms with Crippen molar-refractivity contribution in [2.75, 3.05) is 0 Å². The molecular weight excluding hydrogens is 175 g/mol. The molecule has 2 aromatic rings. The Morgan fingerprint density at radius 1 is 0.500 bits per heavy atom. The Labute approximate surface area is 114 Å². The molecule has 2 rings (SSSR count). The molecule has 0 unspecified atom stereocenters. The smallest absolute Gasteiger partial charge is 0.184 e. The molecule has 2 heteroatoms. The van der Waals surface area contributed by atoms with Gasteiger partial charge in [0.15, 0.2) is 0 Å². The zero-order valence-corrected chi connectivity index (χ0v) is 9.89. The average molecular weight is 185 g/mol. The SMILES string of the molecule is [Li].[Mg+2].[c-]1ccccc1.[c-]1ccccc1. The van der Waals surface area contributed by atoms with E-state index in [0.717, 1.165) is 0 Å². The third kappa shape index (κ3) is 9.89. The predicted octanol–water partition coefficient (Wildman–Crippen LogP) is 2.21. The Hall–Kier alpha value is -0.196. The van der Waals surface area contributed by atoms with E-state index in [1.807, 2.05) is 60.7 Å². The quantitative estimate of drug-likeness (QED) is 0.436. The number of hydrogen-bond donors (Lipinski definition) is 0. The van der Waals surface area contributed by atoms with Crippen molar-refractivity contribution in [2.24, 2.45) is 0 Å². The monoisotopic (exact) mass is 185 g/mol. The minimum absolute atomic E-state index is 0. The van der Waals surface area contributed by atoms with Gasteiger partial charge in [-0.25, -0.2) is 0 Å². The molecule has 0 saturated carbocycles. The minimum Gasteiger partial charge on any atom is -0.184 e. The van der Waals surface area contributed by atoms with Gasteiger partial charge in [0.1, 0.15) is 0 Å². The van der Waals surface area contributed by atoms with Crippen LogP contribution in [0.25, 0.3) is 0 Å². The van der Waals surface area contributed by atoms with Crippen LogP contribution in [0.4, 0.5) is 0 Å². The molecule has 61 valence electrons. The Balaban J connectivity index is 0. The molecule has 0 aromatic heterocycles. The van der Waals surface area contributed by atoms with Crippen molar-refractivity contribution in [3.8, 4) is 0 Å². The summed E-state index contributed by atoms with van der Waals surface area (Å²) in [4.78, 5) is 0. The minimum atomic E-state index is 0. The van der Waals surface area contributed by atoms with Crippen molar-refractivity contribution >= 4 is 41.9 Å². The second-order valence-electron chi connectivity index (χ2n) is 2.15.